The average Bonchev–Trinajstić information content (AvgIpc) is 3.02. The highest BCUT2D eigenvalue weighted by Crippen LogP contribution is 2.29. The number of methoxy groups -OCH3 is 1. The third-order valence-corrected chi connectivity index (χ3v) is 4.32. The molecule has 3 aromatic rings. The van der Waals surface area contributed by atoms with Crippen molar-refractivity contribution in [2.45, 2.75) is 26.4 Å². The lowest BCUT2D eigenvalue weighted by Crippen LogP contribution is -2.39. The van der Waals surface area contributed by atoms with Crippen LogP contribution in [-0.4, -0.2) is 46.6 Å². The summed E-state index contributed by atoms with van der Waals surface area (Å²) < 4.78 is 18.9. The van der Waals surface area contributed by atoms with Gasteiger partial charge in [-0.1, -0.05) is 18.2 Å². The lowest BCUT2D eigenvalue weighted by atomic mass is 10.2. The van der Waals surface area contributed by atoms with Crippen LogP contribution in [0.15, 0.2) is 47.1 Å². The second-order valence-electron chi connectivity index (χ2n) is 7.22. The van der Waals surface area contributed by atoms with Crippen LogP contribution in [0.4, 0.5) is 10.6 Å². The molecule has 0 fully saturated rings. The fourth-order valence-corrected chi connectivity index (χ4v) is 2.90. The molecule has 0 spiro atoms. The monoisotopic (exact) mass is 462 g/mol. The van der Waals surface area contributed by atoms with E-state index in [1.165, 1.54) is 4.90 Å². The molecule has 8 nitrogen and oxygen atoms in total. The fraction of sp³-hybridized carbons (Fsp3) is 0.350. The molecular weight excluding hydrogens is 440 g/mol. The second-order valence-corrected chi connectivity index (χ2v) is 8.07. The van der Waals surface area contributed by atoms with E-state index < -0.39 is 11.7 Å². The Hall–Kier alpha value is -2.65. The standard InChI is InChI=1S/C20H23BrN4O4/c1-20(2,3)29-19(26)24(10-11-27-4)17-12-16(28-14-8-6-5-7-9-14)23-18-15(21)13-22-25(17)18/h5-9,12-13H,10-11H2,1-4H3. The Labute approximate surface area is 177 Å². The zero-order chi connectivity index (χ0) is 21.0. The molecule has 2 aromatic heterocycles. The second kappa shape index (κ2) is 8.79. The number of rotatable bonds is 6. The molecular formula is C20H23BrN4O4. The maximum absolute atomic E-state index is 12.9. The van der Waals surface area contributed by atoms with E-state index in [0.717, 1.165) is 0 Å². The van der Waals surface area contributed by atoms with E-state index in [1.807, 2.05) is 51.1 Å². The van der Waals surface area contributed by atoms with Crippen LogP contribution in [0.1, 0.15) is 20.8 Å². The van der Waals surface area contributed by atoms with Crippen molar-refractivity contribution < 1.29 is 19.0 Å². The molecule has 0 aliphatic carbocycles. The molecule has 0 aliphatic heterocycles. The predicted octanol–water partition coefficient (Wildman–Crippen LogP) is 4.67. The Bertz CT molecular complexity index is 985. The number of ether oxygens (including phenoxy) is 3. The number of hydrogen-bond acceptors (Lipinski definition) is 6. The molecule has 1 aromatic carbocycles. The first-order valence-corrected chi connectivity index (χ1v) is 9.84. The molecule has 2 heterocycles. The highest BCUT2D eigenvalue weighted by molar-refractivity contribution is 9.10. The molecule has 0 bridgehead atoms. The lowest BCUT2D eigenvalue weighted by Gasteiger charge is -2.27. The first-order chi connectivity index (χ1) is 13.8. The van der Waals surface area contributed by atoms with Gasteiger partial charge in [-0.25, -0.2) is 4.79 Å². The van der Waals surface area contributed by atoms with Gasteiger partial charge in [0.2, 0.25) is 5.88 Å². The van der Waals surface area contributed by atoms with Crippen LogP contribution >= 0.6 is 15.9 Å². The number of halogens is 1. The molecule has 0 saturated carbocycles. The minimum Gasteiger partial charge on any atom is -0.443 e. The van der Waals surface area contributed by atoms with Crippen LogP contribution in [0.25, 0.3) is 5.65 Å². The molecule has 0 saturated heterocycles. The van der Waals surface area contributed by atoms with E-state index >= 15 is 0 Å². The van der Waals surface area contributed by atoms with Gasteiger partial charge >= 0.3 is 6.09 Å². The molecule has 0 N–H and O–H groups in total. The van der Waals surface area contributed by atoms with E-state index in [2.05, 4.69) is 26.0 Å². The Morgan fingerprint density at radius 2 is 1.97 bits per heavy atom. The molecule has 0 atom stereocenters. The number of para-hydroxylation sites is 1. The number of carbonyl (C=O) groups excluding carboxylic acids is 1. The Balaban J connectivity index is 2.06. The largest absolute Gasteiger partial charge is 0.443 e. The quantitative estimate of drug-likeness (QED) is 0.529. The van der Waals surface area contributed by atoms with E-state index in [9.17, 15) is 4.79 Å². The van der Waals surface area contributed by atoms with Gasteiger partial charge in [-0.3, -0.25) is 4.90 Å². The Kier molecular flexibility index (Phi) is 6.39. The number of benzene rings is 1. The maximum atomic E-state index is 12.9. The smallest absolute Gasteiger partial charge is 0.416 e. The van der Waals surface area contributed by atoms with Crippen LogP contribution in [0.2, 0.25) is 0 Å². The van der Waals surface area contributed by atoms with Gasteiger partial charge in [-0.05, 0) is 48.8 Å². The number of hydrogen-bond donors (Lipinski definition) is 0. The molecule has 29 heavy (non-hydrogen) atoms. The minimum absolute atomic E-state index is 0.271. The van der Waals surface area contributed by atoms with Gasteiger partial charge in [-0.2, -0.15) is 14.6 Å². The summed E-state index contributed by atoms with van der Waals surface area (Å²) in [5.41, 5.74) is -0.137. The minimum atomic E-state index is -0.650. The van der Waals surface area contributed by atoms with Crippen molar-refractivity contribution in [3.05, 3.63) is 47.1 Å². The van der Waals surface area contributed by atoms with Crippen molar-refractivity contribution in [2.24, 2.45) is 0 Å². The summed E-state index contributed by atoms with van der Waals surface area (Å²) in [5, 5.41) is 4.34. The molecule has 0 unspecified atom stereocenters. The summed E-state index contributed by atoms with van der Waals surface area (Å²) in [6.07, 6.45) is 1.10. The number of aromatic nitrogens is 3. The van der Waals surface area contributed by atoms with Gasteiger partial charge in [0.25, 0.3) is 0 Å². The number of carbonyl (C=O) groups is 1. The Morgan fingerprint density at radius 3 is 2.62 bits per heavy atom. The summed E-state index contributed by atoms with van der Waals surface area (Å²) >= 11 is 3.45. The van der Waals surface area contributed by atoms with Crippen molar-refractivity contribution in [1.29, 1.82) is 0 Å². The van der Waals surface area contributed by atoms with Crippen molar-refractivity contribution >= 4 is 33.5 Å². The van der Waals surface area contributed by atoms with Crippen LogP contribution in [0.5, 0.6) is 11.6 Å². The van der Waals surface area contributed by atoms with Gasteiger partial charge < -0.3 is 14.2 Å². The zero-order valence-electron chi connectivity index (χ0n) is 16.8. The molecule has 0 radical (unpaired) electrons. The SMILES string of the molecule is COCCN(C(=O)OC(C)(C)C)c1cc(Oc2ccccc2)nc2c(Br)cnn12. The maximum Gasteiger partial charge on any atom is 0.416 e. The third kappa shape index (κ3) is 5.24. The van der Waals surface area contributed by atoms with Crippen LogP contribution in [0.3, 0.4) is 0 Å². The fourth-order valence-electron chi connectivity index (χ4n) is 2.55. The van der Waals surface area contributed by atoms with Crippen LogP contribution in [-0.2, 0) is 9.47 Å². The van der Waals surface area contributed by atoms with Gasteiger partial charge in [0.05, 0.1) is 23.8 Å². The summed E-state index contributed by atoms with van der Waals surface area (Å²) in [6, 6.07) is 10.9. The number of anilines is 1. The van der Waals surface area contributed by atoms with Crippen molar-refractivity contribution in [3.63, 3.8) is 0 Å². The van der Waals surface area contributed by atoms with Gasteiger partial charge in [-0.15, -0.1) is 0 Å². The van der Waals surface area contributed by atoms with E-state index in [1.54, 1.807) is 23.9 Å². The highest BCUT2D eigenvalue weighted by atomic mass is 79.9. The van der Waals surface area contributed by atoms with Crippen molar-refractivity contribution in [2.75, 3.05) is 25.2 Å². The van der Waals surface area contributed by atoms with Crippen LogP contribution < -0.4 is 9.64 Å². The summed E-state index contributed by atoms with van der Waals surface area (Å²) in [4.78, 5) is 18.9. The molecule has 9 heteroatoms. The van der Waals surface area contributed by atoms with Gasteiger partial charge in [0, 0.05) is 13.2 Å². The van der Waals surface area contributed by atoms with Gasteiger partial charge in [0.1, 0.15) is 17.2 Å². The lowest BCUT2D eigenvalue weighted by molar-refractivity contribution is 0.0567. The van der Waals surface area contributed by atoms with Crippen molar-refractivity contribution in [1.82, 2.24) is 14.6 Å². The molecule has 154 valence electrons. The average molecular weight is 463 g/mol. The first kappa shape index (κ1) is 21.1. The summed E-state index contributed by atoms with van der Waals surface area (Å²) in [7, 11) is 1.57. The van der Waals surface area contributed by atoms with E-state index in [-0.39, 0.29) is 6.54 Å². The molecule has 0 aliphatic rings. The molecule has 1 amide bonds. The normalized spacial score (nSPS) is 11.5. The topological polar surface area (TPSA) is 78.2 Å². The zero-order valence-corrected chi connectivity index (χ0v) is 18.3. The van der Waals surface area contributed by atoms with E-state index in [4.69, 9.17) is 14.2 Å². The summed E-state index contributed by atoms with van der Waals surface area (Å²) in [6.45, 7) is 6.04. The van der Waals surface area contributed by atoms with Crippen molar-refractivity contribution in [3.8, 4) is 11.6 Å². The first-order valence-electron chi connectivity index (χ1n) is 9.05. The number of nitrogens with zero attached hydrogens (tertiary/aromatic N) is 4. The highest BCUT2D eigenvalue weighted by Gasteiger charge is 2.27. The van der Waals surface area contributed by atoms with E-state index in [0.29, 0.717) is 34.2 Å². The van der Waals surface area contributed by atoms with Gasteiger partial charge in [0.15, 0.2) is 5.65 Å². The van der Waals surface area contributed by atoms with Crippen LogP contribution in [0, 0.1) is 0 Å². The third-order valence-electron chi connectivity index (χ3n) is 3.76. The number of fused-ring (bicyclic) bond motifs is 1. The predicted molar refractivity (Wildman–Crippen MR) is 113 cm³/mol. The molecule has 3 rings (SSSR count). The number of amides is 1. The summed E-state index contributed by atoms with van der Waals surface area (Å²) in [5.74, 6) is 1.41. The Morgan fingerprint density at radius 1 is 1.24 bits per heavy atom.